The number of nitrogens with one attached hydrogen (secondary N) is 2. The maximum absolute atomic E-state index is 12.0. The average molecular weight is 294 g/mol. The number of methoxy groups -OCH3 is 2. The Bertz CT molecular complexity index is 493. The molecule has 1 aliphatic rings. The molecule has 2 unspecified atom stereocenters. The van der Waals surface area contributed by atoms with Crippen molar-refractivity contribution in [3.05, 3.63) is 23.8 Å². The minimum Gasteiger partial charge on any atom is -0.497 e. The molecule has 21 heavy (non-hydrogen) atoms. The van der Waals surface area contributed by atoms with Crippen LogP contribution in [-0.4, -0.2) is 51.0 Å². The predicted octanol–water partition coefficient (Wildman–Crippen LogP) is -0.0572. The van der Waals surface area contributed by atoms with Gasteiger partial charge in [0.05, 0.1) is 26.7 Å². The quantitative estimate of drug-likeness (QED) is 0.685. The summed E-state index contributed by atoms with van der Waals surface area (Å²) in [4.78, 5) is 12.0. The van der Waals surface area contributed by atoms with E-state index in [0.717, 1.165) is 12.1 Å². The number of carbonyl (C=O) groups is 1. The smallest absolute Gasteiger partial charge is 0.224 e. The number of benzene rings is 1. The number of aliphatic hydroxyl groups excluding tert-OH is 1. The van der Waals surface area contributed by atoms with Crippen molar-refractivity contribution in [2.24, 2.45) is 5.92 Å². The van der Waals surface area contributed by atoms with E-state index < -0.39 is 6.10 Å². The largest absolute Gasteiger partial charge is 0.497 e. The van der Waals surface area contributed by atoms with Crippen LogP contribution in [0, 0.1) is 5.92 Å². The molecule has 0 radical (unpaired) electrons. The van der Waals surface area contributed by atoms with Gasteiger partial charge in [-0.15, -0.1) is 0 Å². The molecule has 1 aromatic carbocycles. The first kappa shape index (κ1) is 15.6. The van der Waals surface area contributed by atoms with Crippen molar-refractivity contribution in [2.75, 3.05) is 33.9 Å². The lowest BCUT2D eigenvalue weighted by Crippen LogP contribution is -2.35. The summed E-state index contributed by atoms with van der Waals surface area (Å²) in [5.41, 5.74) is 0.777. The van der Waals surface area contributed by atoms with Crippen LogP contribution in [0.5, 0.6) is 11.5 Å². The monoisotopic (exact) mass is 294 g/mol. The molecule has 6 nitrogen and oxygen atoms in total. The van der Waals surface area contributed by atoms with Gasteiger partial charge in [0.2, 0.25) is 5.91 Å². The van der Waals surface area contributed by atoms with E-state index in [0.29, 0.717) is 24.6 Å². The Labute approximate surface area is 124 Å². The van der Waals surface area contributed by atoms with E-state index in [4.69, 9.17) is 9.47 Å². The van der Waals surface area contributed by atoms with Crippen molar-refractivity contribution in [1.29, 1.82) is 0 Å². The lowest BCUT2D eigenvalue weighted by molar-refractivity contribution is -0.120. The highest BCUT2D eigenvalue weighted by Crippen LogP contribution is 2.24. The fraction of sp³-hybridized carbons (Fsp3) is 0.533. The first-order valence-corrected chi connectivity index (χ1v) is 7.00. The Morgan fingerprint density at radius 2 is 2.19 bits per heavy atom. The van der Waals surface area contributed by atoms with E-state index in [2.05, 4.69) is 10.6 Å². The van der Waals surface area contributed by atoms with E-state index in [1.807, 2.05) is 0 Å². The minimum atomic E-state index is -0.392. The molecule has 1 saturated heterocycles. The summed E-state index contributed by atoms with van der Waals surface area (Å²) in [5, 5.41) is 15.6. The zero-order valence-electron chi connectivity index (χ0n) is 12.4. The number of hydrogen-bond acceptors (Lipinski definition) is 5. The number of hydrogen-bond donors (Lipinski definition) is 3. The van der Waals surface area contributed by atoms with Gasteiger partial charge >= 0.3 is 0 Å². The molecule has 3 N–H and O–H groups in total. The average Bonchev–Trinajstić information content (AvgIpc) is 2.90. The van der Waals surface area contributed by atoms with Gasteiger partial charge in [-0.2, -0.15) is 0 Å². The zero-order chi connectivity index (χ0) is 15.2. The van der Waals surface area contributed by atoms with Crippen molar-refractivity contribution in [3.63, 3.8) is 0 Å². The lowest BCUT2D eigenvalue weighted by atomic mass is 10.1. The first-order chi connectivity index (χ1) is 10.1. The summed E-state index contributed by atoms with van der Waals surface area (Å²) < 4.78 is 10.4. The van der Waals surface area contributed by atoms with E-state index in [-0.39, 0.29) is 18.2 Å². The molecule has 1 aromatic rings. The molecule has 6 heteroatoms. The molecule has 0 bridgehead atoms. The first-order valence-electron chi connectivity index (χ1n) is 7.00. The number of aliphatic hydroxyl groups is 1. The fourth-order valence-electron chi connectivity index (χ4n) is 2.43. The van der Waals surface area contributed by atoms with E-state index >= 15 is 0 Å². The van der Waals surface area contributed by atoms with Crippen LogP contribution < -0.4 is 20.1 Å². The van der Waals surface area contributed by atoms with Crippen LogP contribution >= 0.6 is 0 Å². The van der Waals surface area contributed by atoms with Crippen molar-refractivity contribution in [3.8, 4) is 11.5 Å². The normalized spacial score (nSPS) is 21.1. The summed E-state index contributed by atoms with van der Waals surface area (Å²) in [6, 6.07) is 5.37. The third-order valence-electron chi connectivity index (χ3n) is 3.70. The molecule has 116 valence electrons. The molecule has 0 saturated carbocycles. The Balaban J connectivity index is 1.92. The van der Waals surface area contributed by atoms with Gasteiger partial charge in [-0.1, -0.05) is 0 Å². The van der Waals surface area contributed by atoms with Crippen LogP contribution in [-0.2, 0) is 11.2 Å². The second kappa shape index (κ2) is 7.28. The van der Waals surface area contributed by atoms with Gasteiger partial charge in [0.25, 0.3) is 0 Å². The molecule has 2 rings (SSSR count). The molecular weight excluding hydrogens is 272 g/mol. The van der Waals surface area contributed by atoms with Crippen LogP contribution in [0.15, 0.2) is 18.2 Å². The summed E-state index contributed by atoms with van der Waals surface area (Å²) in [5.74, 6) is 1.32. The highest BCUT2D eigenvalue weighted by atomic mass is 16.5. The maximum atomic E-state index is 12.0. The Kier molecular flexibility index (Phi) is 5.41. The maximum Gasteiger partial charge on any atom is 0.224 e. The molecule has 0 aromatic heterocycles. The zero-order valence-corrected chi connectivity index (χ0v) is 12.4. The standard InChI is InChI=1S/C15H22N2O4/c1-20-12-3-4-14(21-2)10(5-12)6-15(19)17-8-11-7-16-9-13(11)18/h3-5,11,13,16,18H,6-9H2,1-2H3,(H,17,19). The van der Waals surface area contributed by atoms with Gasteiger partial charge in [0, 0.05) is 31.1 Å². The van der Waals surface area contributed by atoms with Crippen LogP contribution in [0.4, 0.5) is 0 Å². The van der Waals surface area contributed by atoms with Crippen LogP contribution in [0.1, 0.15) is 5.56 Å². The van der Waals surface area contributed by atoms with Crippen molar-refractivity contribution in [1.82, 2.24) is 10.6 Å². The summed E-state index contributed by atoms with van der Waals surface area (Å²) >= 11 is 0. The molecular formula is C15H22N2O4. The number of rotatable bonds is 6. The van der Waals surface area contributed by atoms with E-state index in [1.165, 1.54) is 0 Å². The Morgan fingerprint density at radius 1 is 1.38 bits per heavy atom. The van der Waals surface area contributed by atoms with Crippen molar-refractivity contribution >= 4 is 5.91 Å². The number of β-amino-alcohol motifs (C(OH)–C–C–N with tert-alkyl or cyclic N) is 1. The Hall–Kier alpha value is -1.79. The molecule has 1 amide bonds. The lowest BCUT2D eigenvalue weighted by Gasteiger charge is -2.15. The van der Waals surface area contributed by atoms with Gasteiger partial charge in [0.15, 0.2) is 0 Å². The van der Waals surface area contributed by atoms with Crippen LogP contribution in [0.2, 0.25) is 0 Å². The van der Waals surface area contributed by atoms with Gasteiger partial charge in [0.1, 0.15) is 11.5 Å². The minimum absolute atomic E-state index is 0.0705. The molecule has 1 aliphatic heterocycles. The van der Waals surface area contributed by atoms with Gasteiger partial charge in [-0.05, 0) is 18.2 Å². The summed E-state index contributed by atoms with van der Waals surface area (Å²) in [6.07, 6.45) is -0.173. The van der Waals surface area contributed by atoms with Crippen LogP contribution in [0.3, 0.4) is 0 Å². The Morgan fingerprint density at radius 3 is 2.81 bits per heavy atom. The number of amides is 1. The van der Waals surface area contributed by atoms with E-state index in [1.54, 1.807) is 32.4 Å². The molecule has 0 aliphatic carbocycles. The predicted molar refractivity (Wildman–Crippen MR) is 78.6 cm³/mol. The van der Waals surface area contributed by atoms with E-state index in [9.17, 15) is 9.90 Å². The van der Waals surface area contributed by atoms with Crippen LogP contribution in [0.25, 0.3) is 0 Å². The highest BCUT2D eigenvalue weighted by molar-refractivity contribution is 5.79. The number of ether oxygens (including phenoxy) is 2. The topological polar surface area (TPSA) is 79.8 Å². The molecule has 2 atom stereocenters. The third kappa shape index (κ3) is 4.09. The molecule has 0 spiro atoms. The van der Waals surface area contributed by atoms with Gasteiger partial charge < -0.3 is 25.2 Å². The number of carbonyl (C=O) groups excluding carboxylic acids is 1. The summed E-state index contributed by atoms with van der Waals surface area (Å²) in [7, 11) is 3.16. The molecule has 1 heterocycles. The van der Waals surface area contributed by atoms with Crippen molar-refractivity contribution in [2.45, 2.75) is 12.5 Å². The highest BCUT2D eigenvalue weighted by Gasteiger charge is 2.25. The van der Waals surface area contributed by atoms with Gasteiger partial charge in [-0.25, -0.2) is 0 Å². The van der Waals surface area contributed by atoms with Gasteiger partial charge in [-0.3, -0.25) is 4.79 Å². The third-order valence-corrected chi connectivity index (χ3v) is 3.70. The fourth-order valence-corrected chi connectivity index (χ4v) is 2.43. The second-order valence-corrected chi connectivity index (χ2v) is 5.14. The summed E-state index contributed by atoms with van der Waals surface area (Å²) in [6.45, 7) is 1.79. The SMILES string of the molecule is COc1ccc(OC)c(CC(=O)NCC2CNCC2O)c1. The second-order valence-electron chi connectivity index (χ2n) is 5.14. The molecule has 1 fully saturated rings. The van der Waals surface area contributed by atoms with Crippen molar-refractivity contribution < 1.29 is 19.4 Å².